The zero-order chi connectivity index (χ0) is 13.8. The van der Waals surface area contributed by atoms with Gasteiger partial charge in [0.2, 0.25) is 0 Å². The lowest BCUT2D eigenvalue weighted by Gasteiger charge is -2.08. The maximum absolute atomic E-state index is 12.1. The van der Waals surface area contributed by atoms with Crippen LogP contribution in [0.15, 0.2) is 35.1 Å². The van der Waals surface area contributed by atoms with Crippen molar-refractivity contribution in [1.82, 2.24) is 15.1 Å². The van der Waals surface area contributed by atoms with E-state index in [1.165, 1.54) is 0 Å². The number of hydrogen-bond acceptors (Lipinski definition) is 2. The van der Waals surface area contributed by atoms with Crippen molar-refractivity contribution >= 4 is 21.8 Å². The van der Waals surface area contributed by atoms with Crippen molar-refractivity contribution in [2.75, 3.05) is 6.54 Å². The summed E-state index contributed by atoms with van der Waals surface area (Å²) < 4.78 is 2.72. The fourth-order valence-corrected chi connectivity index (χ4v) is 2.15. The summed E-state index contributed by atoms with van der Waals surface area (Å²) in [5, 5.41) is 7.05. The van der Waals surface area contributed by atoms with Gasteiger partial charge < -0.3 is 5.32 Å². The number of hydrogen-bond donors (Lipinski definition) is 1. The van der Waals surface area contributed by atoms with E-state index in [0.29, 0.717) is 13.1 Å². The molecule has 1 N–H and O–H groups in total. The van der Waals surface area contributed by atoms with E-state index in [2.05, 4.69) is 26.3 Å². The van der Waals surface area contributed by atoms with Crippen LogP contribution in [0.2, 0.25) is 0 Å². The average molecular weight is 322 g/mol. The number of aromatic nitrogens is 2. The zero-order valence-corrected chi connectivity index (χ0v) is 12.6. The molecule has 0 saturated carbocycles. The maximum Gasteiger partial charge on any atom is 0.251 e. The Hall–Kier alpha value is -1.62. The number of nitrogens with zero attached hydrogens (tertiary/aromatic N) is 2. The van der Waals surface area contributed by atoms with E-state index in [1.807, 2.05) is 38.2 Å². The molecule has 0 saturated heterocycles. The Bertz CT molecular complexity index is 592. The Morgan fingerprint density at radius 3 is 2.89 bits per heavy atom. The highest BCUT2D eigenvalue weighted by atomic mass is 79.9. The standard InChI is InChI=1S/C14H16BrN3O/c1-10-3-4-11(2)13(7-10)14(19)16-5-6-18-9-12(15)8-17-18/h3-4,7-9H,5-6H2,1-2H3,(H,16,19). The zero-order valence-electron chi connectivity index (χ0n) is 11.0. The molecular formula is C14H16BrN3O. The first-order valence-electron chi connectivity index (χ1n) is 6.09. The molecule has 1 heterocycles. The average Bonchev–Trinajstić information content (AvgIpc) is 2.78. The van der Waals surface area contributed by atoms with Crippen molar-refractivity contribution < 1.29 is 4.79 Å². The third-order valence-electron chi connectivity index (χ3n) is 2.87. The summed E-state index contributed by atoms with van der Waals surface area (Å²) in [4.78, 5) is 12.1. The molecule has 1 aromatic heterocycles. The molecule has 1 aromatic carbocycles. The smallest absolute Gasteiger partial charge is 0.251 e. The van der Waals surface area contributed by atoms with E-state index in [-0.39, 0.29) is 5.91 Å². The van der Waals surface area contributed by atoms with Gasteiger partial charge in [0.15, 0.2) is 0 Å². The van der Waals surface area contributed by atoms with Crippen LogP contribution in [0.4, 0.5) is 0 Å². The lowest BCUT2D eigenvalue weighted by atomic mass is 10.1. The van der Waals surface area contributed by atoms with Crippen molar-refractivity contribution in [1.29, 1.82) is 0 Å². The Labute approximate surface area is 120 Å². The molecule has 100 valence electrons. The maximum atomic E-state index is 12.1. The molecule has 1 amide bonds. The first-order chi connectivity index (χ1) is 9.06. The Kier molecular flexibility index (Phi) is 4.37. The van der Waals surface area contributed by atoms with Crippen molar-refractivity contribution in [3.8, 4) is 0 Å². The van der Waals surface area contributed by atoms with Crippen molar-refractivity contribution in [2.24, 2.45) is 0 Å². The fourth-order valence-electron chi connectivity index (χ4n) is 1.82. The van der Waals surface area contributed by atoms with Crippen molar-refractivity contribution in [3.63, 3.8) is 0 Å². The van der Waals surface area contributed by atoms with Crippen LogP contribution < -0.4 is 5.32 Å². The summed E-state index contributed by atoms with van der Waals surface area (Å²) in [6, 6.07) is 5.89. The largest absolute Gasteiger partial charge is 0.350 e. The third-order valence-corrected chi connectivity index (χ3v) is 3.28. The predicted molar refractivity (Wildman–Crippen MR) is 78.2 cm³/mol. The van der Waals surface area contributed by atoms with Gasteiger partial charge in [-0.05, 0) is 41.4 Å². The van der Waals surface area contributed by atoms with Crippen LogP contribution in [0.1, 0.15) is 21.5 Å². The number of rotatable bonds is 4. The Morgan fingerprint density at radius 2 is 2.21 bits per heavy atom. The van der Waals surface area contributed by atoms with E-state index >= 15 is 0 Å². The van der Waals surface area contributed by atoms with Crippen LogP contribution in [0.25, 0.3) is 0 Å². The van der Waals surface area contributed by atoms with E-state index in [1.54, 1.807) is 10.9 Å². The molecule has 0 spiro atoms. The second-order valence-corrected chi connectivity index (χ2v) is 5.41. The second kappa shape index (κ2) is 6.02. The number of carbonyl (C=O) groups excluding carboxylic acids is 1. The highest BCUT2D eigenvalue weighted by Gasteiger charge is 2.08. The summed E-state index contributed by atoms with van der Waals surface area (Å²) in [7, 11) is 0. The van der Waals surface area contributed by atoms with Gasteiger partial charge >= 0.3 is 0 Å². The first-order valence-corrected chi connectivity index (χ1v) is 6.89. The molecule has 0 unspecified atom stereocenters. The quantitative estimate of drug-likeness (QED) is 0.941. The monoisotopic (exact) mass is 321 g/mol. The molecule has 4 nitrogen and oxygen atoms in total. The van der Waals surface area contributed by atoms with Crippen LogP contribution in [-0.2, 0) is 6.54 Å². The number of halogens is 1. The molecule has 2 rings (SSSR count). The van der Waals surface area contributed by atoms with E-state index in [9.17, 15) is 4.79 Å². The summed E-state index contributed by atoms with van der Waals surface area (Å²) in [6.07, 6.45) is 3.61. The van der Waals surface area contributed by atoms with Crippen molar-refractivity contribution in [3.05, 3.63) is 51.8 Å². The molecule has 5 heteroatoms. The molecule has 0 aliphatic heterocycles. The van der Waals surface area contributed by atoms with E-state index in [4.69, 9.17) is 0 Å². The van der Waals surface area contributed by atoms with Gasteiger partial charge in [-0.15, -0.1) is 0 Å². The highest BCUT2D eigenvalue weighted by molar-refractivity contribution is 9.10. The number of aryl methyl sites for hydroxylation is 2. The van der Waals surface area contributed by atoms with Crippen LogP contribution in [0.3, 0.4) is 0 Å². The Balaban J connectivity index is 1.92. The molecule has 19 heavy (non-hydrogen) atoms. The lowest BCUT2D eigenvalue weighted by Crippen LogP contribution is -2.28. The topological polar surface area (TPSA) is 46.9 Å². The highest BCUT2D eigenvalue weighted by Crippen LogP contribution is 2.10. The van der Waals surface area contributed by atoms with Crippen LogP contribution in [-0.4, -0.2) is 22.2 Å². The van der Waals surface area contributed by atoms with Gasteiger partial charge in [-0.25, -0.2) is 0 Å². The van der Waals surface area contributed by atoms with Gasteiger partial charge in [0.1, 0.15) is 0 Å². The van der Waals surface area contributed by atoms with Gasteiger partial charge in [0, 0.05) is 18.3 Å². The summed E-state index contributed by atoms with van der Waals surface area (Å²) in [6.45, 7) is 5.14. The van der Waals surface area contributed by atoms with Crippen LogP contribution >= 0.6 is 15.9 Å². The number of carbonyl (C=O) groups is 1. The molecular weight excluding hydrogens is 306 g/mol. The third kappa shape index (κ3) is 3.67. The molecule has 0 aliphatic carbocycles. The molecule has 0 fully saturated rings. The summed E-state index contributed by atoms with van der Waals surface area (Å²) in [5.74, 6) is -0.0348. The van der Waals surface area contributed by atoms with E-state index < -0.39 is 0 Å². The van der Waals surface area contributed by atoms with Gasteiger partial charge in [0.25, 0.3) is 5.91 Å². The minimum absolute atomic E-state index is 0.0348. The van der Waals surface area contributed by atoms with Gasteiger partial charge in [-0.2, -0.15) is 5.10 Å². The molecule has 0 aliphatic rings. The summed E-state index contributed by atoms with van der Waals surface area (Å²) in [5.41, 5.74) is 2.82. The number of nitrogens with one attached hydrogen (secondary N) is 1. The van der Waals surface area contributed by atoms with Gasteiger partial charge in [-0.1, -0.05) is 17.7 Å². The first kappa shape index (κ1) is 13.8. The number of amides is 1. The van der Waals surface area contributed by atoms with Gasteiger partial charge in [-0.3, -0.25) is 9.48 Å². The molecule has 0 bridgehead atoms. The molecule has 0 atom stereocenters. The SMILES string of the molecule is Cc1ccc(C)c(C(=O)NCCn2cc(Br)cn2)c1. The molecule has 2 aromatic rings. The second-order valence-electron chi connectivity index (χ2n) is 4.50. The van der Waals surface area contributed by atoms with Crippen molar-refractivity contribution in [2.45, 2.75) is 20.4 Å². The minimum atomic E-state index is -0.0348. The summed E-state index contributed by atoms with van der Waals surface area (Å²) >= 11 is 3.34. The minimum Gasteiger partial charge on any atom is -0.350 e. The lowest BCUT2D eigenvalue weighted by molar-refractivity contribution is 0.0951. The predicted octanol–water partition coefficient (Wildman–Crippen LogP) is 2.69. The Morgan fingerprint density at radius 1 is 1.42 bits per heavy atom. The number of benzene rings is 1. The molecule has 0 radical (unpaired) electrons. The van der Waals surface area contributed by atoms with Crippen LogP contribution in [0, 0.1) is 13.8 Å². The fraction of sp³-hybridized carbons (Fsp3) is 0.286. The van der Waals surface area contributed by atoms with E-state index in [0.717, 1.165) is 21.2 Å². The van der Waals surface area contributed by atoms with Crippen LogP contribution in [0.5, 0.6) is 0 Å². The normalized spacial score (nSPS) is 10.5. The van der Waals surface area contributed by atoms with Gasteiger partial charge in [0.05, 0.1) is 17.2 Å².